The number of nitriles is 1. The second kappa shape index (κ2) is 5.07. The van der Waals surface area contributed by atoms with Crippen LogP contribution in [-0.4, -0.2) is 19.3 Å². The summed E-state index contributed by atoms with van der Waals surface area (Å²) in [4.78, 5) is 0. The van der Waals surface area contributed by atoms with Crippen LogP contribution in [0.1, 0.15) is 18.9 Å². The fraction of sp³-hybridized carbons (Fsp3) is 0.462. The van der Waals surface area contributed by atoms with Crippen LogP contribution in [0.15, 0.2) is 18.2 Å². The lowest BCUT2D eigenvalue weighted by molar-refractivity contribution is 0.108. The summed E-state index contributed by atoms with van der Waals surface area (Å²) in [7, 11) is 0. The van der Waals surface area contributed by atoms with Crippen molar-refractivity contribution >= 4 is 11.4 Å². The highest BCUT2D eigenvalue weighted by atomic mass is 16.5. The van der Waals surface area contributed by atoms with Crippen molar-refractivity contribution in [1.29, 1.82) is 5.26 Å². The normalized spacial score (nSPS) is 23.3. The van der Waals surface area contributed by atoms with E-state index < -0.39 is 0 Å². The Kier molecular flexibility index (Phi) is 3.50. The smallest absolute Gasteiger partial charge is 0.101 e. The summed E-state index contributed by atoms with van der Waals surface area (Å²) in [6, 6.07) is 7.53. The maximum atomic E-state index is 8.89. The number of anilines is 2. The predicted molar refractivity (Wildman–Crippen MR) is 67.6 cm³/mol. The molecule has 1 aromatic rings. The molecule has 17 heavy (non-hydrogen) atoms. The third-order valence-corrected chi connectivity index (χ3v) is 3.28. The Bertz CT molecular complexity index is 439. The molecule has 1 heterocycles. The van der Waals surface area contributed by atoms with Crippen LogP contribution in [0.5, 0.6) is 0 Å². The van der Waals surface area contributed by atoms with Gasteiger partial charge in [0.2, 0.25) is 0 Å². The van der Waals surface area contributed by atoms with Gasteiger partial charge in [0.05, 0.1) is 11.7 Å². The van der Waals surface area contributed by atoms with Crippen molar-refractivity contribution in [1.82, 2.24) is 0 Å². The Morgan fingerprint density at radius 2 is 2.41 bits per heavy atom. The first kappa shape index (κ1) is 11.7. The number of benzene rings is 1. The second-order valence-electron chi connectivity index (χ2n) is 4.42. The number of nitrogens with two attached hydrogens (primary N) is 1. The van der Waals surface area contributed by atoms with Gasteiger partial charge in [-0.05, 0) is 31.5 Å². The molecule has 1 aliphatic heterocycles. The summed E-state index contributed by atoms with van der Waals surface area (Å²) < 4.78 is 5.51. The van der Waals surface area contributed by atoms with E-state index >= 15 is 0 Å². The Morgan fingerprint density at radius 1 is 1.59 bits per heavy atom. The predicted octanol–water partition coefficient (Wildman–Crippen LogP) is 1.98. The van der Waals surface area contributed by atoms with Gasteiger partial charge < -0.3 is 15.8 Å². The molecule has 0 aliphatic carbocycles. The molecular weight excluding hydrogens is 214 g/mol. The van der Waals surface area contributed by atoms with Crippen LogP contribution in [0.4, 0.5) is 11.4 Å². The number of nitrogens with zero attached hydrogens (tertiary/aromatic N) is 1. The van der Waals surface area contributed by atoms with Gasteiger partial charge in [0.1, 0.15) is 6.07 Å². The lowest BCUT2D eigenvalue weighted by Crippen LogP contribution is -2.20. The van der Waals surface area contributed by atoms with Gasteiger partial charge in [-0.3, -0.25) is 0 Å². The maximum Gasteiger partial charge on any atom is 0.101 e. The molecule has 4 nitrogen and oxygen atoms in total. The molecule has 3 N–H and O–H groups in total. The molecule has 2 rings (SSSR count). The monoisotopic (exact) mass is 231 g/mol. The summed E-state index contributed by atoms with van der Waals surface area (Å²) in [5.41, 5.74) is 7.65. The largest absolute Gasteiger partial charge is 0.398 e. The van der Waals surface area contributed by atoms with Crippen molar-refractivity contribution in [2.45, 2.75) is 19.4 Å². The van der Waals surface area contributed by atoms with Crippen molar-refractivity contribution in [3.8, 4) is 6.07 Å². The molecule has 1 aromatic carbocycles. The third-order valence-electron chi connectivity index (χ3n) is 3.28. The van der Waals surface area contributed by atoms with Crippen LogP contribution >= 0.6 is 0 Å². The molecular formula is C13H17N3O. The van der Waals surface area contributed by atoms with Gasteiger partial charge in [-0.15, -0.1) is 0 Å². The van der Waals surface area contributed by atoms with Gasteiger partial charge in [0, 0.05) is 30.4 Å². The highest BCUT2D eigenvalue weighted by Crippen LogP contribution is 2.22. The second-order valence-corrected chi connectivity index (χ2v) is 4.42. The van der Waals surface area contributed by atoms with Crippen LogP contribution in [0.25, 0.3) is 0 Å². The van der Waals surface area contributed by atoms with E-state index in [0.717, 1.165) is 25.3 Å². The Balaban J connectivity index is 1.97. The van der Waals surface area contributed by atoms with Gasteiger partial charge in [-0.2, -0.15) is 5.26 Å². The topological polar surface area (TPSA) is 71.1 Å². The van der Waals surface area contributed by atoms with Crippen LogP contribution in [0.2, 0.25) is 0 Å². The molecule has 0 spiro atoms. The number of nitrogen functional groups attached to an aromatic ring is 1. The van der Waals surface area contributed by atoms with Crippen molar-refractivity contribution in [2.75, 3.05) is 24.2 Å². The summed E-state index contributed by atoms with van der Waals surface area (Å²) >= 11 is 0. The summed E-state index contributed by atoms with van der Waals surface area (Å²) in [6.07, 6.45) is 1.40. The molecule has 1 fully saturated rings. The standard InChI is InChI=1S/C13H17N3O/c1-9-10(4-5-17-9)8-16-12-2-3-13(15)11(6-12)7-14/h2-3,6,9-10,16H,4-5,8,15H2,1H3. The van der Waals surface area contributed by atoms with E-state index in [1.165, 1.54) is 0 Å². The maximum absolute atomic E-state index is 8.89. The molecule has 1 aliphatic rings. The van der Waals surface area contributed by atoms with Crippen LogP contribution in [0, 0.1) is 17.2 Å². The molecule has 1 saturated heterocycles. The fourth-order valence-corrected chi connectivity index (χ4v) is 2.06. The average molecular weight is 231 g/mol. The van der Waals surface area contributed by atoms with Gasteiger partial charge in [-0.1, -0.05) is 0 Å². The summed E-state index contributed by atoms with van der Waals surface area (Å²) in [6.45, 7) is 3.82. The van der Waals surface area contributed by atoms with Gasteiger partial charge in [0.25, 0.3) is 0 Å². The van der Waals surface area contributed by atoms with Crippen molar-refractivity contribution < 1.29 is 4.74 Å². The van der Waals surface area contributed by atoms with Gasteiger partial charge in [-0.25, -0.2) is 0 Å². The zero-order chi connectivity index (χ0) is 12.3. The minimum atomic E-state index is 0.312. The van der Waals surface area contributed by atoms with Crippen LogP contribution in [-0.2, 0) is 4.74 Å². The highest BCUT2D eigenvalue weighted by Gasteiger charge is 2.23. The van der Waals surface area contributed by atoms with Gasteiger partial charge >= 0.3 is 0 Å². The zero-order valence-corrected chi connectivity index (χ0v) is 9.94. The molecule has 0 aromatic heterocycles. The number of ether oxygens (including phenoxy) is 1. The number of hydrogen-bond acceptors (Lipinski definition) is 4. The first-order valence-corrected chi connectivity index (χ1v) is 5.86. The van der Waals surface area contributed by atoms with E-state index in [9.17, 15) is 0 Å². The average Bonchev–Trinajstić information content (AvgIpc) is 2.74. The number of nitrogens with one attached hydrogen (secondary N) is 1. The van der Waals surface area contributed by atoms with E-state index in [0.29, 0.717) is 23.3 Å². The minimum absolute atomic E-state index is 0.312. The Hall–Kier alpha value is -1.73. The van der Waals surface area contributed by atoms with E-state index in [4.69, 9.17) is 15.7 Å². The Labute approximate surface area is 101 Å². The number of rotatable bonds is 3. The first-order valence-electron chi connectivity index (χ1n) is 5.86. The Morgan fingerprint density at radius 3 is 3.06 bits per heavy atom. The lowest BCUT2D eigenvalue weighted by Gasteiger charge is -2.15. The van der Waals surface area contributed by atoms with E-state index in [-0.39, 0.29) is 0 Å². The molecule has 0 saturated carbocycles. The summed E-state index contributed by atoms with van der Waals surface area (Å²) in [5, 5.41) is 12.2. The van der Waals surface area contributed by atoms with Crippen LogP contribution < -0.4 is 11.1 Å². The third kappa shape index (κ3) is 2.69. The van der Waals surface area contributed by atoms with Crippen molar-refractivity contribution in [3.05, 3.63) is 23.8 Å². The van der Waals surface area contributed by atoms with Crippen molar-refractivity contribution in [2.24, 2.45) is 5.92 Å². The first-order chi connectivity index (χ1) is 8.20. The van der Waals surface area contributed by atoms with Crippen molar-refractivity contribution in [3.63, 3.8) is 0 Å². The molecule has 0 radical (unpaired) electrons. The SMILES string of the molecule is CC1OCCC1CNc1ccc(N)c(C#N)c1. The molecule has 0 bridgehead atoms. The lowest BCUT2D eigenvalue weighted by atomic mass is 10.0. The van der Waals surface area contributed by atoms with E-state index in [2.05, 4.69) is 18.3 Å². The summed E-state index contributed by atoms with van der Waals surface area (Å²) in [5.74, 6) is 0.540. The van der Waals surface area contributed by atoms with E-state index in [1.807, 2.05) is 6.07 Å². The minimum Gasteiger partial charge on any atom is -0.398 e. The molecule has 2 unspecified atom stereocenters. The molecule has 2 atom stereocenters. The number of hydrogen-bond donors (Lipinski definition) is 2. The quantitative estimate of drug-likeness (QED) is 0.780. The highest BCUT2D eigenvalue weighted by molar-refractivity contribution is 5.61. The fourth-order valence-electron chi connectivity index (χ4n) is 2.06. The van der Waals surface area contributed by atoms with E-state index in [1.54, 1.807) is 12.1 Å². The molecule has 0 amide bonds. The molecule has 4 heteroatoms. The zero-order valence-electron chi connectivity index (χ0n) is 9.94. The van der Waals surface area contributed by atoms with Crippen LogP contribution in [0.3, 0.4) is 0 Å². The van der Waals surface area contributed by atoms with Gasteiger partial charge in [0.15, 0.2) is 0 Å². The molecule has 90 valence electrons.